The highest BCUT2D eigenvalue weighted by atomic mass is 35.5. The van der Waals surface area contributed by atoms with Crippen molar-refractivity contribution >= 4 is 29.0 Å². The summed E-state index contributed by atoms with van der Waals surface area (Å²) in [6.45, 7) is 0. The molecule has 0 N–H and O–H groups in total. The summed E-state index contributed by atoms with van der Waals surface area (Å²) in [6, 6.07) is 10.2. The second kappa shape index (κ2) is 6.40. The van der Waals surface area contributed by atoms with Gasteiger partial charge in [-0.3, -0.25) is 4.79 Å². The van der Waals surface area contributed by atoms with Crippen LogP contribution >= 0.6 is 23.2 Å². The van der Waals surface area contributed by atoms with Crippen LogP contribution in [0, 0.1) is 0 Å². The Kier molecular flexibility index (Phi) is 4.32. The van der Waals surface area contributed by atoms with Gasteiger partial charge in [0.2, 0.25) is 5.78 Å². The van der Waals surface area contributed by atoms with Crippen LogP contribution in [-0.4, -0.2) is 22.9 Å². The quantitative estimate of drug-likeness (QED) is 0.658. The zero-order chi connectivity index (χ0) is 16.4. The zero-order valence-corrected chi connectivity index (χ0v) is 13.4. The van der Waals surface area contributed by atoms with Gasteiger partial charge in [-0.25, -0.2) is 9.97 Å². The molecule has 0 atom stereocenters. The van der Waals surface area contributed by atoms with Gasteiger partial charge in [0, 0.05) is 5.56 Å². The fraction of sp³-hybridized carbons (Fsp3) is 0.0625. The normalized spacial score (nSPS) is 10.6. The van der Waals surface area contributed by atoms with Gasteiger partial charge < -0.3 is 9.15 Å². The second-order valence-electron chi connectivity index (χ2n) is 4.54. The van der Waals surface area contributed by atoms with Crippen molar-refractivity contribution in [3.05, 3.63) is 64.4 Å². The highest BCUT2D eigenvalue weighted by molar-refractivity contribution is 6.36. The van der Waals surface area contributed by atoms with Crippen LogP contribution in [0.1, 0.15) is 16.2 Å². The number of carbonyl (C=O) groups is 1. The Morgan fingerprint density at radius 1 is 1.09 bits per heavy atom. The Hall–Kier alpha value is -2.37. The summed E-state index contributed by atoms with van der Waals surface area (Å²) in [7, 11) is 1.57. The first-order valence-electron chi connectivity index (χ1n) is 6.56. The highest BCUT2D eigenvalue weighted by Crippen LogP contribution is 2.29. The number of furan rings is 1. The predicted octanol–water partition coefficient (Wildman–Crippen LogP) is 4.28. The van der Waals surface area contributed by atoms with Gasteiger partial charge >= 0.3 is 0 Å². The summed E-state index contributed by atoms with van der Waals surface area (Å²) in [5.74, 6) is 0.363. The number of nitrogens with zero attached hydrogens (tertiary/aromatic N) is 2. The summed E-state index contributed by atoms with van der Waals surface area (Å²) >= 11 is 12.1. The first kappa shape index (κ1) is 15.5. The topological polar surface area (TPSA) is 65.2 Å². The minimum absolute atomic E-state index is 0.0168. The Balaban J connectivity index is 2.07. The lowest BCUT2D eigenvalue weighted by Crippen LogP contribution is -2.07. The van der Waals surface area contributed by atoms with E-state index >= 15 is 0 Å². The van der Waals surface area contributed by atoms with E-state index in [0.29, 0.717) is 17.0 Å². The number of carbonyl (C=O) groups excluding carboxylic acids is 1. The fourth-order valence-corrected chi connectivity index (χ4v) is 2.49. The van der Waals surface area contributed by atoms with Gasteiger partial charge in [-0.15, -0.1) is 0 Å². The monoisotopic (exact) mass is 348 g/mol. The molecular formula is C16H10Cl2N2O3. The van der Waals surface area contributed by atoms with Gasteiger partial charge in [-0.05, 0) is 36.4 Å². The van der Waals surface area contributed by atoms with E-state index < -0.39 is 5.78 Å². The standard InChI is InChI=1S/C16H10Cl2N2O3/c1-22-10-6-4-9(5-7-10)12-15(17)20-16(18)13(19-12)14(21)11-3-2-8-23-11/h2-8H,1H3. The first-order chi connectivity index (χ1) is 11.1. The predicted molar refractivity (Wildman–Crippen MR) is 86.2 cm³/mol. The summed E-state index contributed by atoms with van der Waals surface area (Å²) in [4.78, 5) is 20.7. The average Bonchev–Trinajstić information content (AvgIpc) is 3.09. The number of benzene rings is 1. The number of hydrogen-bond donors (Lipinski definition) is 0. The highest BCUT2D eigenvalue weighted by Gasteiger charge is 2.21. The number of hydrogen-bond acceptors (Lipinski definition) is 5. The first-order valence-corrected chi connectivity index (χ1v) is 7.31. The molecule has 0 bridgehead atoms. The van der Waals surface area contributed by atoms with Crippen molar-refractivity contribution in [1.82, 2.24) is 9.97 Å². The largest absolute Gasteiger partial charge is 0.497 e. The van der Waals surface area contributed by atoms with Gasteiger partial charge in [0.1, 0.15) is 11.4 Å². The van der Waals surface area contributed by atoms with Crippen molar-refractivity contribution in [3.63, 3.8) is 0 Å². The van der Waals surface area contributed by atoms with Crippen LogP contribution in [0.5, 0.6) is 5.75 Å². The smallest absolute Gasteiger partial charge is 0.249 e. The molecule has 2 aromatic heterocycles. The van der Waals surface area contributed by atoms with Gasteiger partial charge in [-0.2, -0.15) is 0 Å². The van der Waals surface area contributed by atoms with E-state index in [4.69, 9.17) is 32.4 Å². The van der Waals surface area contributed by atoms with E-state index in [-0.39, 0.29) is 21.8 Å². The van der Waals surface area contributed by atoms with Crippen molar-refractivity contribution in [2.24, 2.45) is 0 Å². The van der Waals surface area contributed by atoms with Gasteiger partial charge in [0.05, 0.1) is 13.4 Å². The number of methoxy groups -OCH3 is 1. The molecular weight excluding hydrogens is 339 g/mol. The molecule has 0 spiro atoms. The van der Waals surface area contributed by atoms with Crippen molar-refractivity contribution < 1.29 is 13.9 Å². The third-order valence-corrected chi connectivity index (χ3v) is 3.66. The molecule has 2 heterocycles. The fourth-order valence-electron chi connectivity index (χ4n) is 2.00. The molecule has 0 unspecified atom stereocenters. The van der Waals surface area contributed by atoms with Crippen molar-refractivity contribution in [2.75, 3.05) is 7.11 Å². The number of aromatic nitrogens is 2. The van der Waals surface area contributed by atoms with E-state index in [9.17, 15) is 4.79 Å². The summed E-state index contributed by atoms with van der Waals surface area (Å²) in [5.41, 5.74) is 1.03. The lowest BCUT2D eigenvalue weighted by Gasteiger charge is -2.08. The number of halogens is 2. The molecule has 3 aromatic rings. The van der Waals surface area contributed by atoms with Crippen molar-refractivity contribution in [3.8, 4) is 17.0 Å². The van der Waals surface area contributed by atoms with Crippen LogP contribution in [-0.2, 0) is 0 Å². The Morgan fingerprint density at radius 3 is 2.43 bits per heavy atom. The molecule has 0 aliphatic heterocycles. The van der Waals surface area contributed by atoms with Crippen LogP contribution < -0.4 is 4.74 Å². The van der Waals surface area contributed by atoms with Crippen molar-refractivity contribution in [1.29, 1.82) is 0 Å². The molecule has 23 heavy (non-hydrogen) atoms. The second-order valence-corrected chi connectivity index (χ2v) is 5.25. The minimum Gasteiger partial charge on any atom is -0.497 e. The van der Waals surface area contributed by atoms with Gasteiger partial charge in [0.15, 0.2) is 21.8 Å². The molecule has 0 radical (unpaired) electrons. The molecule has 0 fully saturated rings. The molecule has 116 valence electrons. The van der Waals surface area contributed by atoms with E-state index in [2.05, 4.69) is 9.97 Å². The van der Waals surface area contributed by atoms with Crippen LogP contribution in [0.15, 0.2) is 47.1 Å². The third kappa shape index (κ3) is 3.06. The molecule has 0 amide bonds. The molecule has 5 nitrogen and oxygen atoms in total. The van der Waals surface area contributed by atoms with Crippen LogP contribution in [0.2, 0.25) is 10.3 Å². The Morgan fingerprint density at radius 2 is 1.83 bits per heavy atom. The number of rotatable bonds is 4. The zero-order valence-electron chi connectivity index (χ0n) is 11.9. The molecule has 1 aromatic carbocycles. The van der Waals surface area contributed by atoms with E-state index in [1.165, 1.54) is 12.3 Å². The molecule has 7 heteroatoms. The molecule has 0 saturated heterocycles. The Labute approximate surface area is 141 Å². The van der Waals surface area contributed by atoms with Crippen molar-refractivity contribution in [2.45, 2.75) is 0 Å². The minimum atomic E-state index is -0.459. The number of ketones is 1. The van der Waals surface area contributed by atoms with Crippen LogP contribution in [0.25, 0.3) is 11.3 Å². The third-order valence-electron chi connectivity index (χ3n) is 3.13. The summed E-state index contributed by atoms with van der Waals surface area (Å²) in [5, 5.41) is 0.0322. The average molecular weight is 349 g/mol. The van der Waals surface area contributed by atoms with Gasteiger partial charge in [-0.1, -0.05) is 23.2 Å². The van der Waals surface area contributed by atoms with Gasteiger partial charge in [0.25, 0.3) is 0 Å². The maximum absolute atomic E-state index is 12.4. The summed E-state index contributed by atoms with van der Waals surface area (Å²) in [6.07, 6.45) is 1.40. The molecule has 0 saturated carbocycles. The van der Waals surface area contributed by atoms with Crippen LogP contribution in [0.4, 0.5) is 0 Å². The lowest BCUT2D eigenvalue weighted by atomic mass is 10.1. The molecule has 0 aliphatic rings. The number of ether oxygens (including phenoxy) is 1. The lowest BCUT2D eigenvalue weighted by molar-refractivity contribution is 0.100. The SMILES string of the molecule is COc1ccc(-c2nc(C(=O)c3ccco3)c(Cl)nc2Cl)cc1. The van der Waals surface area contributed by atoms with E-state index in [1.807, 2.05) is 0 Å². The maximum Gasteiger partial charge on any atom is 0.249 e. The maximum atomic E-state index is 12.4. The Bertz CT molecular complexity index is 847. The van der Waals surface area contributed by atoms with E-state index in [1.54, 1.807) is 37.4 Å². The van der Waals surface area contributed by atoms with E-state index in [0.717, 1.165) is 0 Å². The van der Waals surface area contributed by atoms with Crippen LogP contribution in [0.3, 0.4) is 0 Å². The molecule has 0 aliphatic carbocycles. The molecule has 3 rings (SSSR count). The summed E-state index contributed by atoms with van der Waals surface area (Å²) < 4.78 is 10.2.